The fraction of sp³-hybridized carbons (Fsp3) is 0.490. The van der Waals surface area contributed by atoms with Crippen LogP contribution in [0.15, 0.2) is 67.4 Å². The van der Waals surface area contributed by atoms with E-state index in [9.17, 15) is 29.1 Å². The van der Waals surface area contributed by atoms with Gasteiger partial charge >= 0.3 is 5.97 Å². The molecule has 0 aliphatic carbocycles. The third kappa shape index (κ3) is 10.2. The molecule has 4 amide bonds. The number of aryl methyl sites for hydroxylation is 1. The minimum absolute atomic E-state index is 0.00928. The van der Waals surface area contributed by atoms with E-state index in [4.69, 9.17) is 14.5 Å². The monoisotopic (exact) mass is 903 g/mol. The van der Waals surface area contributed by atoms with Crippen molar-refractivity contribution in [3.8, 4) is 28.1 Å². The summed E-state index contributed by atoms with van der Waals surface area (Å²) in [5.41, 5.74) is 9.59. The summed E-state index contributed by atoms with van der Waals surface area (Å²) in [5.74, 6) is -2.86. The fourth-order valence-electron chi connectivity index (χ4n) is 9.88. The number of likely N-dealkylation sites (tertiary alicyclic amines) is 1. The maximum absolute atomic E-state index is 14.7. The van der Waals surface area contributed by atoms with E-state index in [1.54, 1.807) is 30.3 Å². The van der Waals surface area contributed by atoms with Gasteiger partial charge in [0.1, 0.15) is 23.9 Å². The number of likely N-dealkylation sites (N-methyl/N-ethyl adjacent to an activating group) is 1. The standard InChI is InChI=1S/C51H65N7O8/c1-9-44(60)56-21-18-34(28-56)48(62)55(8)45(31(4)5)47(61)53-41-24-32-22-35(25-36(59)23-32)33-16-17-43-38(26-33)39(46(57(43)10-2)37-14-12-19-52-42(37)29-65-11-3)27-51(6,7)30-66-50(64)40-15-13-20-58(54-40)49(41)63/h9,12,14,16-17,19,22-23,25-26,31,34,40-41,45,54,59H,1,10-11,13,15,18,20-21,24,27-30H2,2-8H3,(H,53,61)/t34-,40-,41-,45-/m0/s1. The minimum Gasteiger partial charge on any atom is -0.508 e. The lowest BCUT2D eigenvalue weighted by Gasteiger charge is -2.37. The first kappa shape index (κ1) is 47.9. The van der Waals surface area contributed by atoms with Crippen LogP contribution in [-0.2, 0) is 59.4 Å². The van der Waals surface area contributed by atoms with Gasteiger partial charge in [0.2, 0.25) is 17.7 Å². The molecule has 2 aromatic carbocycles. The number of hydrazine groups is 1. The summed E-state index contributed by atoms with van der Waals surface area (Å²) < 4.78 is 14.3. The Hall–Kier alpha value is -6.06. The highest BCUT2D eigenvalue weighted by Gasteiger charge is 2.40. The third-order valence-corrected chi connectivity index (χ3v) is 13.1. The largest absolute Gasteiger partial charge is 0.508 e. The lowest BCUT2D eigenvalue weighted by molar-refractivity contribution is -0.155. The number of pyridine rings is 1. The number of carbonyl (C=O) groups is 5. The summed E-state index contributed by atoms with van der Waals surface area (Å²) in [6.45, 7) is 18.0. The molecule has 0 saturated carbocycles. The van der Waals surface area contributed by atoms with E-state index in [1.807, 2.05) is 39.0 Å². The van der Waals surface area contributed by atoms with Crippen LogP contribution in [0, 0.1) is 17.3 Å². The van der Waals surface area contributed by atoms with Crippen molar-refractivity contribution >= 4 is 40.5 Å². The molecule has 0 unspecified atom stereocenters. The van der Waals surface area contributed by atoms with Crippen LogP contribution in [0.25, 0.3) is 33.3 Å². The zero-order valence-electron chi connectivity index (χ0n) is 39.4. The predicted octanol–water partition coefficient (Wildman–Crippen LogP) is 5.80. The molecule has 3 aliphatic heterocycles. The van der Waals surface area contributed by atoms with Gasteiger partial charge in [-0.05, 0) is 110 Å². The quantitative estimate of drug-likeness (QED) is 0.123. The highest BCUT2D eigenvalue weighted by molar-refractivity contribution is 5.96. The van der Waals surface area contributed by atoms with Crippen molar-refractivity contribution in [3.63, 3.8) is 0 Å². The highest BCUT2D eigenvalue weighted by atomic mass is 16.5. The van der Waals surface area contributed by atoms with Crippen LogP contribution in [0.4, 0.5) is 0 Å². The Labute approximate surface area is 387 Å². The first-order valence-electron chi connectivity index (χ1n) is 23.3. The second-order valence-electron chi connectivity index (χ2n) is 19.0. The molecule has 5 heterocycles. The molecule has 2 saturated heterocycles. The first-order valence-corrected chi connectivity index (χ1v) is 23.3. The fourth-order valence-corrected chi connectivity index (χ4v) is 9.88. The van der Waals surface area contributed by atoms with E-state index in [1.165, 1.54) is 16.0 Å². The van der Waals surface area contributed by atoms with Gasteiger partial charge in [-0.3, -0.25) is 34.0 Å². The summed E-state index contributed by atoms with van der Waals surface area (Å²) in [7, 11) is 1.58. The van der Waals surface area contributed by atoms with Crippen molar-refractivity contribution in [2.45, 2.75) is 105 Å². The summed E-state index contributed by atoms with van der Waals surface area (Å²) >= 11 is 0. The number of phenols is 1. The maximum Gasteiger partial charge on any atom is 0.324 e. The number of phenolic OH excluding ortho intramolecular Hbond substituents is 1. The van der Waals surface area contributed by atoms with Gasteiger partial charge in [0.25, 0.3) is 5.91 Å². The number of cyclic esters (lactones) is 1. The number of nitrogens with zero attached hydrogens (tertiary/aromatic N) is 5. The van der Waals surface area contributed by atoms with Crippen LogP contribution >= 0.6 is 0 Å². The van der Waals surface area contributed by atoms with Gasteiger partial charge in [-0.1, -0.05) is 46.4 Å². The highest BCUT2D eigenvalue weighted by Crippen LogP contribution is 2.41. The second kappa shape index (κ2) is 20.2. The van der Waals surface area contributed by atoms with Crippen LogP contribution in [-0.4, -0.2) is 117 Å². The van der Waals surface area contributed by atoms with Crippen molar-refractivity contribution in [3.05, 3.63) is 84.2 Å². The minimum atomic E-state index is -1.16. The van der Waals surface area contributed by atoms with Crippen molar-refractivity contribution in [1.29, 1.82) is 0 Å². The average molecular weight is 904 g/mol. The van der Waals surface area contributed by atoms with Gasteiger partial charge in [0.05, 0.1) is 30.5 Å². The Bertz CT molecular complexity index is 2500. The third-order valence-electron chi connectivity index (χ3n) is 13.1. The van der Waals surface area contributed by atoms with Crippen molar-refractivity contribution < 1.29 is 38.6 Å². The molecular formula is C51H65N7O8. The lowest BCUT2D eigenvalue weighted by Crippen LogP contribution is -2.62. The molecule has 6 bridgehead atoms. The maximum atomic E-state index is 14.7. The number of aromatic nitrogens is 2. The summed E-state index contributed by atoms with van der Waals surface area (Å²) in [5, 5.41) is 16.7. The average Bonchev–Trinajstić information content (AvgIpc) is 3.91. The molecule has 2 fully saturated rings. The number of hydrogen-bond acceptors (Lipinski definition) is 10. The Kier molecular flexibility index (Phi) is 14.7. The molecule has 4 atom stereocenters. The van der Waals surface area contributed by atoms with Crippen LogP contribution in [0.3, 0.4) is 0 Å². The first-order chi connectivity index (χ1) is 31.5. The second-order valence-corrected chi connectivity index (χ2v) is 19.0. The van der Waals surface area contributed by atoms with Gasteiger partial charge in [-0.15, -0.1) is 0 Å². The van der Waals surface area contributed by atoms with Crippen LogP contribution < -0.4 is 10.7 Å². The molecular weight excluding hydrogens is 839 g/mol. The van der Waals surface area contributed by atoms with Crippen LogP contribution in [0.1, 0.15) is 77.6 Å². The zero-order chi connectivity index (χ0) is 47.4. The van der Waals surface area contributed by atoms with Crippen molar-refractivity contribution in [2.24, 2.45) is 17.3 Å². The van der Waals surface area contributed by atoms with Gasteiger partial charge in [-0.25, -0.2) is 5.43 Å². The Morgan fingerprint density at radius 1 is 1.09 bits per heavy atom. The van der Waals surface area contributed by atoms with Crippen LogP contribution in [0.2, 0.25) is 0 Å². The molecule has 66 heavy (non-hydrogen) atoms. The summed E-state index contributed by atoms with van der Waals surface area (Å²) in [6, 6.07) is 12.5. The molecule has 15 heteroatoms. The van der Waals surface area contributed by atoms with Crippen LogP contribution in [0.5, 0.6) is 5.75 Å². The molecule has 0 spiro atoms. The topological polar surface area (TPSA) is 176 Å². The number of benzene rings is 2. The smallest absolute Gasteiger partial charge is 0.324 e. The molecule has 352 valence electrons. The van der Waals surface area contributed by atoms with E-state index >= 15 is 0 Å². The number of carbonyl (C=O) groups excluding carboxylic acids is 5. The van der Waals surface area contributed by atoms with Crippen molar-refractivity contribution in [1.82, 2.24) is 35.1 Å². The molecule has 7 rings (SSSR count). The van der Waals surface area contributed by atoms with Gasteiger partial charge in [0, 0.05) is 74.3 Å². The SMILES string of the molecule is C=CC(=O)N1CC[C@H](C(=O)N(C)[C@H](C(=O)N[C@H]2Cc3cc(O)cc(c3)-c3ccc4c(c3)c(c(-c3cccnc3COCC)n4CC)CC(C)(C)COC(=O)[C@@H]3CCCN(N3)C2=O)C(C)C)C1. The normalized spacial score (nSPS) is 20.5. The Morgan fingerprint density at radius 2 is 1.88 bits per heavy atom. The number of nitrogens with one attached hydrogen (secondary N) is 2. The molecule has 0 radical (unpaired) electrons. The van der Waals surface area contributed by atoms with E-state index in [0.29, 0.717) is 57.6 Å². The molecule has 3 aliphatic rings. The van der Waals surface area contributed by atoms with E-state index < -0.39 is 47.2 Å². The number of hydrogen-bond donors (Lipinski definition) is 3. The Balaban J connectivity index is 1.30. The van der Waals surface area contributed by atoms with Gasteiger partial charge < -0.3 is 34.3 Å². The number of rotatable bonds is 11. The van der Waals surface area contributed by atoms with E-state index in [-0.39, 0.29) is 49.6 Å². The van der Waals surface area contributed by atoms with Gasteiger partial charge in [-0.2, -0.15) is 0 Å². The number of aromatic hydroxyl groups is 1. The number of fused-ring (bicyclic) bond motifs is 6. The predicted molar refractivity (Wildman–Crippen MR) is 252 cm³/mol. The number of esters is 1. The summed E-state index contributed by atoms with van der Waals surface area (Å²) in [6.07, 6.45) is 4.95. The molecule has 15 nitrogen and oxygen atoms in total. The Morgan fingerprint density at radius 3 is 2.61 bits per heavy atom. The number of ether oxygens (including phenoxy) is 2. The van der Waals surface area contributed by atoms with E-state index in [2.05, 4.69) is 60.9 Å². The molecule has 2 aromatic heterocycles. The molecule has 3 N–H and O–H groups in total. The van der Waals surface area contributed by atoms with Crippen molar-refractivity contribution in [2.75, 3.05) is 39.9 Å². The van der Waals surface area contributed by atoms with Gasteiger partial charge in [0.15, 0.2) is 0 Å². The van der Waals surface area contributed by atoms with E-state index in [0.717, 1.165) is 44.5 Å². The summed E-state index contributed by atoms with van der Waals surface area (Å²) in [4.78, 5) is 77.1. The number of amides is 4. The molecule has 4 aromatic rings. The zero-order valence-corrected chi connectivity index (χ0v) is 39.4. The lowest BCUT2D eigenvalue weighted by atomic mass is 9.84.